The van der Waals surface area contributed by atoms with Crippen LogP contribution in [0.4, 0.5) is 0 Å². The molecule has 5 N–H and O–H groups in total. The van der Waals surface area contributed by atoms with Crippen LogP contribution in [-0.2, 0) is 20.8 Å². The molecule has 230 valence electrons. The van der Waals surface area contributed by atoms with Crippen LogP contribution in [0.25, 0.3) is 0 Å². The van der Waals surface area contributed by atoms with E-state index in [4.69, 9.17) is 0 Å². The van der Waals surface area contributed by atoms with Crippen LogP contribution in [0.5, 0.6) is 0 Å². The minimum Gasteiger partial charge on any atom is -0.355 e. The third kappa shape index (κ3) is 12.4. The number of hydrogen-bond donors (Lipinski definition) is 5. The molecule has 10 nitrogen and oxygen atoms in total. The van der Waals surface area contributed by atoms with Gasteiger partial charge in [-0.15, -0.1) is 0 Å². The largest absolute Gasteiger partial charge is 0.355 e. The van der Waals surface area contributed by atoms with Crippen molar-refractivity contribution in [2.24, 2.45) is 5.41 Å². The number of benzene rings is 1. The van der Waals surface area contributed by atoms with Crippen molar-refractivity contribution in [2.75, 3.05) is 13.1 Å². The van der Waals surface area contributed by atoms with Gasteiger partial charge in [-0.05, 0) is 56.2 Å². The first-order chi connectivity index (χ1) is 19.9. The van der Waals surface area contributed by atoms with E-state index >= 15 is 0 Å². The van der Waals surface area contributed by atoms with Gasteiger partial charge >= 0.3 is 0 Å². The molecule has 0 spiro atoms. The number of aromatic nitrogens is 1. The molecule has 2 aromatic rings. The van der Waals surface area contributed by atoms with Crippen LogP contribution in [0.3, 0.4) is 0 Å². The molecule has 0 aliphatic rings. The van der Waals surface area contributed by atoms with Crippen LogP contribution in [0.15, 0.2) is 54.9 Å². The van der Waals surface area contributed by atoms with Gasteiger partial charge in [0.1, 0.15) is 12.1 Å². The summed E-state index contributed by atoms with van der Waals surface area (Å²) in [5, 5.41) is 14.9. The second kappa shape index (κ2) is 17.2. The van der Waals surface area contributed by atoms with Crippen molar-refractivity contribution in [1.82, 2.24) is 31.6 Å². The minimum atomic E-state index is -0.836. The molecule has 2 rings (SSSR count). The predicted octanol–water partition coefficient (Wildman–Crippen LogP) is 2.74. The molecular formula is C32H48N6O4. The van der Waals surface area contributed by atoms with Crippen LogP contribution in [-0.4, -0.2) is 65.9 Å². The molecule has 0 fully saturated rings. The summed E-state index contributed by atoms with van der Waals surface area (Å²) in [6.45, 7) is 12.5. The summed E-state index contributed by atoms with van der Waals surface area (Å²) in [5.41, 5.74) is 1.18. The molecule has 0 saturated carbocycles. The van der Waals surface area contributed by atoms with Crippen molar-refractivity contribution >= 4 is 23.6 Å². The number of nitrogens with zero attached hydrogens (tertiary/aromatic N) is 1. The van der Waals surface area contributed by atoms with Gasteiger partial charge in [-0.3, -0.25) is 24.2 Å². The van der Waals surface area contributed by atoms with Gasteiger partial charge in [-0.2, -0.15) is 0 Å². The van der Waals surface area contributed by atoms with E-state index in [-0.39, 0.29) is 29.2 Å². The smallest absolute Gasteiger partial charge is 0.252 e. The van der Waals surface area contributed by atoms with Crippen LogP contribution in [0.1, 0.15) is 76.7 Å². The molecule has 0 radical (unpaired) electrons. The molecule has 1 aromatic heterocycles. The maximum atomic E-state index is 13.6. The molecule has 0 bridgehead atoms. The Hall–Kier alpha value is -3.79. The molecule has 1 heterocycles. The monoisotopic (exact) mass is 580 g/mol. The van der Waals surface area contributed by atoms with Gasteiger partial charge in [0, 0.05) is 37.1 Å². The fourth-order valence-electron chi connectivity index (χ4n) is 4.51. The van der Waals surface area contributed by atoms with Crippen molar-refractivity contribution in [3.05, 3.63) is 66.0 Å². The zero-order valence-corrected chi connectivity index (χ0v) is 25.8. The van der Waals surface area contributed by atoms with Crippen LogP contribution in [0, 0.1) is 5.41 Å². The zero-order valence-electron chi connectivity index (χ0n) is 25.8. The average molecular weight is 581 g/mol. The highest BCUT2D eigenvalue weighted by Gasteiger charge is 2.31. The van der Waals surface area contributed by atoms with E-state index in [1.54, 1.807) is 19.1 Å². The van der Waals surface area contributed by atoms with E-state index in [1.165, 1.54) is 12.4 Å². The van der Waals surface area contributed by atoms with Crippen molar-refractivity contribution in [1.29, 1.82) is 0 Å². The normalized spacial score (nSPS) is 14.1. The summed E-state index contributed by atoms with van der Waals surface area (Å²) >= 11 is 0. The van der Waals surface area contributed by atoms with Gasteiger partial charge in [0.25, 0.3) is 5.91 Å². The topological polar surface area (TPSA) is 141 Å². The lowest BCUT2D eigenvalue weighted by molar-refractivity contribution is -0.130. The quantitative estimate of drug-likeness (QED) is 0.207. The molecule has 4 amide bonds. The Morgan fingerprint density at radius 2 is 1.48 bits per heavy atom. The Morgan fingerprint density at radius 3 is 2.07 bits per heavy atom. The number of carbonyl (C=O) groups is 4. The summed E-state index contributed by atoms with van der Waals surface area (Å²) in [4.78, 5) is 56.2. The number of nitrogens with one attached hydrogen (secondary N) is 5. The van der Waals surface area contributed by atoms with Crippen LogP contribution >= 0.6 is 0 Å². The van der Waals surface area contributed by atoms with Crippen LogP contribution in [0.2, 0.25) is 0 Å². The van der Waals surface area contributed by atoms with Gasteiger partial charge in [-0.1, -0.05) is 64.4 Å². The molecule has 0 aliphatic carbocycles. The number of amides is 4. The summed E-state index contributed by atoms with van der Waals surface area (Å²) in [6.07, 6.45) is 5.07. The summed E-state index contributed by atoms with van der Waals surface area (Å²) < 4.78 is 0. The third-order valence-corrected chi connectivity index (χ3v) is 6.68. The van der Waals surface area contributed by atoms with Gasteiger partial charge in [0.05, 0.1) is 6.04 Å². The maximum Gasteiger partial charge on any atom is 0.252 e. The first-order valence-corrected chi connectivity index (χ1v) is 14.8. The zero-order chi connectivity index (χ0) is 31.1. The number of likely N-dealkylation sites (N-methyl/N-ethyl adjacent to an activating group) is 1. The highest BCUT2D eigenvalue weighted by Crippen LogP contribution is 2.21. The van der Waals surface area contributed by atoms with Crippen LogP contribution < -0.4 is 26.6 Å². The number of rotatable bonds is 16. The van der Waals surface area contributed by atoms with E-state index < -0.39 is 24.0 Å². The highest BCUT2D eigenvalue weighted by atomic mass is 16.2. The lowest BCUT2D eigenvalue weighted by Gasteiger charge is -2.29. The molecule has 0 saturated heterocycles. The van der Waals surface area contributed by atoms with E-state index in [0.717, 1.165) is 5.56 Å². The van der Waals surface area contributed by atoms with E-state index in [1.807, 2.05) is 65.0 Å². The average Bonchev–Trinajstić information content (AvgIpc) is 2.95. The molecule has 1 aromatic carbocycles. The summed E-state index contributed by atoms with van der Waals surface area (Å²) in [5.74, 6) is -1.22. The van der Waals surface area contributed by atoms with E-state index in [0.29, 0.717) is 44.3 Å². The Bertz CT molecular complexity index is 1140. The van der Waals surface area contributed by atoms with Crippen molar-refractivity contribution in [3.8, 4) is 0 Å². The Labute approximate surface area is 250 Å². The standard InChI is InChI=1S/C32H48N6O4/c1-7-12-26(37-31(42)27(20-32(4,5)6)38-29(40)24-15-17-33-18-16-24)30(41)36-25(19-23-13-10-9-11-14-23)21-35-22(3)28(39)34-8-2/h9-11,13-18,22,25-27,35H,7-8,12,19-21H2,1-6H3,(H,34,39)(H,36,41)(H,37,42)(H,38,40)/t22-,25-,26-,27-/m0/s1. The third-order valence-electron chi connectivity index (χ3n) is 6.68. The highest BCUT2D eigenvalue weighted by molar-refractivity contribution is 5.98. The molecular weight excluding hydrogens is 532 g/mol. The number of carbonyl (C=O) groups excluding carboxylic acids is 4. The fourth-order valence-corrected chi connectivity index (χ4v) is 4.51. The summed E-state index contributed by atoms with van der Waals surface area (Å²) in [7, 11) is 0. The molecule has 0 aliphatic heterocycles. The lowest BCUT2D eigenvalue weighted by Crippen LogP contribution is -2.57. The van der Waals surface area contributed by atoms with Crippen molar-refractivity contribution in [3.63, 3.8) is 0 Å². The molecule has 4 atom stereocenters. The second-order valence-corrected chi connectivity index (χ2v) is 11.8. The summed E-state index contributed by atoms with van der Waals surface area (Å²) in [6, 6.07) is 10.6. The van der Waals surface area contributed by atoms with E-state index in [9.17, 15) is 19.2 Å². The minimum absolute atomic E-state index is 0.114. The van der Waals surface area contributed by atoms with Gasteiger partial charge < -0.3 is 26.6 Å². The number of hydrogen-bond acceptors (Lipinski definition) is 6. The Kier molecular flexibility index (Phi) is 14.1. The van der Waals surface area contributed by atoms with Gasteiger partial charge in [-0.25, -0.2) is 0 Å². The van der Waals surface area contributed by atoms with Gasteiger partial charge in [0.2, 0.25) is 17.7 Å². The first kappa shape index (κ1) is 34.4. The SMILES string of the molecule is CCC[C@H](NC(=O)[C@H](CC(C)(C)C)NC(=O)c1ccncc1)C(=O)N[C@H](CN[C@@H](C)C(=O)NCC)Cc1ccccc1. The predicted molar refractivity (Wildman–Crippen MR) is 165 cm³/mol. The Morgan fingerprint density at radius 1 is 0.833 bits per heavy atom. The lowest BCUT2D eigenvalue weighted by atomic mass is 9.87. The number of pyridine rings is 1. The second-order valence-electron chi connectivity index (χ2n) is 11.8. The van der Waals surface area contributed by atoms with Crippen molar-refractivity contribution < 1.29 is 19.2 Å². The Balaban J connectivity index is 2.17. The fraction of sp³-hybridized carbons (Fsp3) is 0.531. The van der Waals surface area contributed by atoms with Gasteiger partial charge in [0.15, 0.2) is 0 Å². The van der Waals surface area contributed by atoms with Crippen molar-refractivity contribution in [2.45, 2.75) is 91.4 Å². The molecule has 42 heavy (non-hydrogen) atoms. The van der Waals surface area contributed by atoms with E-state index in [2.05, 4.69) is 31.6 Å². The molecule has 10 heteroatoms. The molecule has 0 unspecified atom stereocenters. The maximum absolute atomic E-state index is 13.6. The first-order valence-electron chi connectivity index (χ1n) is 14.8.